The second-order valence-corrected chi connectivity index (χ2v) is 7.10. The Bertz CT molecular complexity index is 1020. The van der Waals surface area contributed by atoms with Crippen molar-refractivity contribution in [3.05, 3.63) is 101 Å². The van der Waals surface area contributed by atoms with Crippen molar-refractivity contribution >= 4 is 11.9 Å². The topological polar surface area (TPSA) is 98.9 Å². The van der Waals surface area contributed by atoms with E-state index in [2.05, 4.69) is 19.1 Å². The lowest BCUT2D eigenvalue weighted by Crippen LogP contribution is -2.13. The maximum Gasteiger partial charge on any atom is 0.339 e. The highest BCUT2D eigenvalue weighted by atomic mass is 16.5. The van der Waals surface area contributed by atoms with Gasteiger partial charge in [0.05, 0.1) is 18.2 Å². The van der Waals surface area contributed by atoms with Crippen molar-refractivity contribution in [2.75, 3.05) is 7.11 Å². The summed E-state index contributed by atoms with van der Waals surface area (Å²) in [6, 6.07) is 23.5. The first-order valence-electron chi connectivity index (χ1n) is 10.3. The van der Waals surface area contributed by atoms with Crippen molar-refractivity contribution in [3.63, 3.8) is 0 Å². The summed E-state index contributed by atoms with van der Waals surface area (Å²) in [6.45, 7) is 3.81. The van der Waals surface area contributed by atoms with Crippen LogP contribution >= 0.6 is 0 Å². The van der Waals surface area contributed by atoms with E-state index in [9.17, 15) is 9.59 Å². The molecule has 168 valence electrons. The predicted molar refractivity (Wildman–Crippen MR) is 124 cm³/mol. The maximum absolute atomic E-state index is 12.2. The highest BCUT2D eigenvalue weighted by Gasteiger charge is 2.20. The van der Waals surface area contributed by atoms with Gasteiger partial charge in [0.1, 0.15) is 11.9 Å². The first kappa shape index (κ1) is 24.6. The minimum absolute atomic E-state index is 0.0322. The van der Waals surface area contributed by atoms with Crippen molar-refractivity contribution in [3.8, 4) is 5.75 Å². The number of ether oxygens (including phenoxy) is 2. The quantitative estimate of drug-likeness (QED) is 0.482. The minimum Gasteiger partial charge on any atom is -0.497 e. The molecule has 0 amide bonds. The Labute approximate surface area is 188 Å². The molecule has 3 aromatic carbocycles. The molecule has 0 aliphatic rings. The number of carboxylic acid groups (broad SMARTS) is 1. The molecule has 0 saturated heterocycles. The standard InChI is InChI=1S/C17H16O5.C9H13N/c1-11(12-6-5-7-13(10-12)21-2)22-17(20)15-9-4-3-8-14(15)16(18)19;1-2-9(10)8-6-4-3-5-7-8/h3-11H,1-2H3,(H,18,19);3-7,9H,2,10H2,1H3/t;9-/m.1/s1. The van der Waals surface area contributed by atoms with Crippen LogP contribution in [0.3, 0.4) is 0 Å². The molecular formula is C26H29NO5. The summed E-state index contributed by atoms with van der Waals surface area (Å²) < 4.78 is 10.5. The number of carbonyl (C=O) groups is 2. The Balaban J connectivity index is 0.000000303. The van der Waals surface area contributed by atoms with Crippen LogP contribution in [-0.2, 0) is 4.74 Å². The van der Waals surface area contributed by atoms with Crippen LogP contribution in [0.1, 0.15) is 64.3 Å². The molecule has 0 spiro atoms. The van der Waals surface area contributed by atoms with E-state index in [4.69, 9.17) is 20.3 Å². The third-order valence-electron chi connectivity index (χ3n) is 4.89. The van der Waals surface area contributed by atoms with Gasteiger partial charge >= 0.3 is 11.9 Å². The normalized spacial score (nSPS) is 12.0. The van der Waals surface area contributed by atoms with Gasteiger partial charge < -0.3 is 20.3 Å². The number of methoxy groups -OCH3 is 1. The first-order valence-corrected chi connectivity index (χ1v) is 10.3. The van der Waals surface area contributed by atoms with Gasteiger partial charge in [-0.25, -0.2) is 9.59 Å². The van der Waals surface area contributed by atoms with Gasteiger partial charge in [0, 0.05) is 6.04 Å². The molecule has 6 nitrogen and oxygen atoms in total. The van der Waals surface area contributed by atoms with Crippen LogP contribution in [-0.4, -0.2) is 24.2 Å². The Kier molecular flexibility index (Phi) is 9.44. The van der Waals surface area contributed by atoms with E-state index in [-0.39, 0.29) is 17.2 Å². The molecule has 0 heterocycles. The number of rotatable bonds is 7. The van der Waals surface area contributed by atoms with Gasteiger partial charge in [-0.3, -0.25) is 0 Å². The number of aromatic carboxylic acids is 1. The van der Waals surface area contributed by atoms with Crippen LogP contribution in [0.2, 0.25) is 0 Å². The average Bonchev–Trinajstić information content (AvgIpc) is 2.84. The molecule has 0 bridgehead atoms. The number of hydrogen-bond acceptors (Lipinski definition) is 5. The highest BCUT2D eigenvalue weighted by Crippen LogP contribution is 2.23. The number of nitrogens with two attached hydrogens (primary N) is 1. The Hall–Kier alpha value is -3.64. The smallest absolute Gasteiger partial charge is 0.339 e. The largest absolute Gasteiger partial charge is 0.497 e. The molecule has 0 fully saturated rings. The second kappa shape index (κ2) is 12.3. The third-order valence-corrected chi connectivity index (χ3v) is 4.89. The molecule has 0 aliphatic heterocycles. The Morgan fingerprint density at radius 1 is 0.906 bits per heavy atom. The van der Waals surface area contributed by atoms with E-state index < -0.39 is 18.0 Å². The first-order chi connectivity index (χ1) is 15.4. The van der Waals surface area contributed by atoms with Gasteiger partial charge in [0.2, 0.25) is 0 Å². The summed E-state index contributed by atoms with van der Waals surface area (Å²) in [7, 11) is 1.55. The summed E-state index contributed by atoms with van der Waals surface area (Å²) in [5.41, 5.74) is 7.74. The van der Waals surface area contributed by atoms with Crippen LogP contribution in [0.5, 0.6) is 5.75 Å². The lowest BCUT2D eigenvalue weighted by molar-refractivity contribution is 0.0331. The van der Waals surface area contributed by atoms with E-state index in [0.717, 1.165) is 12.0 Å². The van der Waals surface area contributed by atoms with Gasteiger partial charge in [-0.1, -0.05) is 61.5 Å². The van der Waals surface area contributed by atoms with E-state index in [1.54, 1.807) is 44.4 Å². The number of benzene rings is 3. The number of carbonyl (C=O) groups excluding carboxylic acids is 1. The Morgan fingerprint density at radius 2 is 1.50 bits per heavy atom. The summed E-state index contributed by atoms with van der Waals surface area (Å²) in [5, 5.41) is 9.11. The summed E-state index contributed by atoms with van der Waals surface area (Å²) >= 11 is 0. The summed E-state index contributed by atoms with van der Waals surface area (Å²) in [4.78, 5) is 23.3. The average molecular weight is 436 g/mol. The fraction of sp³-hybridized carbons (Fsp3) is 0.231. The fourth-order valence-corrected chi connectivity index (χ4v) is 2.97. The van der Waals surface area contributed by atoms with Gasteiger partial charge in [-0.2, -0.15) is 0 Å². The van der Waals surface area contributed by atoms with Gasteiger partial charge in [0.15, 0.2) is 0 Å². The van der Waals surface area contributed by atoms with E-state index in [1.807, 2.05) is 24.3 Å². The molecule has 1 unspecified atom stereocenters. The zero-order chi connectivity index (χ0) is 23.5. The number of esters is 1. The monoisotopic (exact) mass is 435 g/mol. The molecule has 3 aromatic rings. The zero-order valence-electron chi connectivity index (χ0n) is 18.5. The number of carboxylic acids is 1. The van der Waals surface area contributed by atoms with Crippen molar-refractivity contribution in [2.24, 2.45) is 5.73 Å². The van der Waals surface area contributed by atoms with Gasteiger partial charge in [0.25, 0.3) is 0 Å². The molecule has 3 N–H and O–H groups in total. The molecule has 2 atom stereocenters. The van der Waals surface area contributed by atoms with Crippen molar-refractivity contribution < 1.29 is 24.2 Å². The zero-order valence-corrected chi connectivity index (χ0v) is 18.5. The highest BCUT2D eigenvalue weighted by molar-refractivity contribution is 6.02. The van der Waals surface area contributed by atoms with E-state index in [0.29, 0.717) is 5.75 Å². The van der Waals surface area contributed by atoms with Crippen molar-refractivity contribution in [1.29, 1.82) is 0 Å². The van der Waals surface area contributed by atoms with Crippen LogP contribution in [0.4, 0.5) is 0 Å². The molecule has 0 radical (unpaired) electrons. The van der Waals surface area contributed by atoms with Gasteiger partial charge in [-0.05, 0) is 48.7 Å². The van der Waals surface area contributed by atoms with Crippen LogP contribution < -0.4 is 10.5 Å². The summed E-state index contributed by atoms with van der Waals surface area (Å²) in [6.07, 6.45) is 0.480. The molecule has 0 aromatic heterocycles. The molecular weight excluding hydrogens is 406 g/mol. The van der Waals surface area contributed by atoms with Crippen molar-refractivity contribution in [2.45, 2.75) is 32.4 Å². The van der Waals surface area contributed by atoms with E-state index in [1.165, 1.54) is 17.7 Å². The molecule has 0 aliphatic carbocycles. The molecule has 32 heavy (non-hydrogen) atoms. The SMILES string of the molecule is CC[C@@H](N)c1ccccc1.COc1cccc(C(C)OC(=O)c2ccccc2C(=O)O)c1. The summed E-state index contributed by atoms with van der Waals surface area (Å²) in [5.74, 6) is -1.18. The fourth-order valence-electron chi connectivity index (χ4n) is 2.97. The van der Waals surface area contributed by atoms with Crippen LogP contribution in [0, 0.1) is 0 Å². The minimum atomic E-state index is -1.17. The molecule has 3 rings (SSSR count). The van der Waals surface area contributed by atoms with Crippen LogP contribution in [0.25, 0.3) is 0 Å². The lowest BCUT2D eigenvalue weighted by atomic mass is 10.1. The molecule has 0 saturated carbocycles. The Morgan fingerprint density at radius 3 is 2.09 bits per heavy atom. The predicted octanol–water partition coefficient (Wildman–Crippen LogP) is 5.41. The van der Waals surface area contributed by atoms with Gasteiger partial charge in [-0.15, -0.1) is 0 Å². The third kappa shape index (κ3) is 6.96. The lowest BCUT2D eigenvalue weighted by Gasteiger charge is -2.15. The van der Waals surface area contributed by atoms with Crippen LogP contribution in [0.15, 0.2) is 78.9 Å². The van der Waals surface area contributed by atoms with E-state index >= 15 is 0 Å². The maximum atomic E-state index is 12.2. The second-order valence-electron chi connectivity index (χ2n) is 7.10. The van der Waals surface area contributed by atoms with Crippen molar-refractivity contribution in [1.82, 2.24) is 0 Å². The molecule has 6 heteroatoms. The number of hydrogen-bond donors (Lipinski definition) is 2.